The molecule has 0 bridgehead atoms. The number of carbonyl (C=O) groups excluding carboxylic acids is 1. The molecule has 0 spiro atoms. The van der Waals surface area contributed by atoms with E-state index < -0.39 is 0 Å². The molecule has 3 N–H and O–H groups in total. The number of halogens is 1. The van der Waals surface area contributed by atoms with Crippen LogP contribution in [-0.2, 0) is 6.54 Å². The van der Waals surface area contributed by atoms with E-state index in [1.807, 2.05) is 13.8 Å². The number of rotatable bonds is 5. The number of hydrogen-bond donors (Lipinski definition) is 2. The van der Waals surface area contributed by atoms with E-state index in [1.54, 1.807) is 36.5 Å². The number of benzene rings is 1. The van der Waals surface area contributed by atoms with E-state index in [-0.39, 0.29) is 18.6 Å². The van der Waals surface area contributed by atoms with E-state index in [9.17, 15) is 4.79 Å². The van der Waals surface area contributed by atoms with Gasteiger partial charge in [0.25, 0.3) is 5.91 Å². The highest BCUT2D eigenvalue weighted by Gasteiger charge is 2.10. The lowest BCUT2D eigenvalue weighted by Gasteiger charge is -2.13. The molecular formula is C16H18ClN3O2. The van der Waals surface area contributed by atoms with Crippen LogP contribution in [0.4, 0.5) is 5.69 Å². The maximum atomic E-state index is 12.2. The monoisotopic (exact) mass is 319 g/mol. The molecule has 1 heterocycles. The number of pyridine rings is 1. The second kappa shape index (κ2) is 7.24. The third-order valence-electron chi connectivity index (χ3n) is 2.84. The minimum absolute atomic E-state index is 0.0319. The quantitative estimate of drug-likeness (QED) is 0.887. The zero-order valence-corrected chi connectivity index (χ0v) is 13.2. The largest absolute Gasteiger partial charge is 0.489 e. The molecule has 0 radical (unpaired) electrons. The second-order valence-electron chi connectivity index (χ2n) is 5.01. The van der Waals surface area contributed by atoms with Crippen molar-refractivity contribution in [3.05, 3.63) is 52.8 Å². The Kier molecular flexibility index (Phi) is 5.35. The molecule has 2 aromatic rings. The fraction of sp³-hybridized carbons (Fsp3) is 0.250. The minimum atomic E-state index is -0.245. The Bertz CT molecular complexity index is 674. The molecule has 0 aliphatic carbocycles. The third kappa shape index (κ3) is 4.19. The van der Waals surface area contributed by atoms with Gasteiger partial charge in [0.1, 0.15) is 5.75 Å². The normalized spacial score (nSPS) is 10.6. The fourth-order valence-electron chi connectivity index (χ4n) is 1.86. The highest BCUT2D eigenvalue weighted by molar-refractivity contribution is 6.32. The van der Waals surface area contributed by atoms with Crippen molar-refractivity contribution in [1.29, 1.82) is 0 Å². The van der Waals surface area contributed by atoms with E-state index in [0.717, 1.165) is 0 Å². The number of carbonyl (C=O) groups is 1. The van der Waals surface area contributed by atoms with Crippen LogP contribution in [-0.4, -0.2) is 17.0 Å². The number of aromatic nitrogens is 1. The molecule has 0 aliphatic heterocycles. The second-order valence-corrected chi connectivity index (χ2v) is 5.41. The van der Waals surface area contributed by atoms with Crippen LogP contribution in [0.2, 0.25) is 5.02 Å². The molecule has 22 heavy (non-hydrogen) atoms. The molecule has 5 nitrogen and oxygen atoms in total. The Balaban J connectivity index is 2.13. The number of hydrogen-bond acceptors (Lipinski definition) is 4. The van der Waals surface area contributed by atoms with Gasteiger partial charge in [-0.15, -0.1) is 0 Å². The van der Waals surface area contributed by atoms with Crippen molar-refractivity contribution in [3.63, 3.8) is 0 Å². The van der Waals surface area contributed by atoms with E-state index >= 15 is 0 Å². The standard InChI is InChI=1S/C16H18ClN3O2/c1-10(2)22-15-4-3-12(8-14(15)17)20-16(21)11-5-6-19-13(7-11)9-18/h3-8,10H,9,18H2,1-2H3,(H,20,21). The molecule has 1 aromatic heterocycles. The van der Waals surface area contributed by atoms with Gasteiger partial charge in [-0.3, -0.25) is 9.78 Å². The average Bonchev–Trinajstić information content (AvgIpc) is 2.49. The number of anilines is 1. The van der Waals surface area contributed by atoms with Gasteiger partial charge >= 0.3 is 0 Å². The predicted molar refractivity (Wildman–Crippen MR) is 87.3 cm³/mol. The molecule has 0 saturated heterocycles. The summed E-state index contributed by atoms with van der Waals surface area (Å²) in [4.78, 5) is 16.3. The lowest BCUT2D eigenvalue weighted by Crippen LogP contribution is -2.13. The first kappa shape index (κ1) is 16.3. The maximum absolute atomic E-state index is 12.2. The number of nitrogens with zero attached hydrogens (tertiary/aromatic N) is 1. The SMILES string of the molecule is CC(C)Oc1ccc(NC(=O)c2ccnc(CN)c2)cc1Cl. The van der Waals surface area contributed by atoms with Gasteiger partial charge in [-0.2, -0.15) is 0 Å². The van der Waals surface area contributed by atoms with Gasteiger partial charge in [0.2, 0.25) is 0 Å². The van der Waals surface area contributed by atoms with Gasteiger partial charge in [-0.25, -0.2) is 0 Å². The van der Waals surface area contributed by atoms with Gasteiger partial charge in [0.15, 0.2) is 0 Å². The molecule has 0 aliphatic rings. The van der Waals surface area contributed by atoms with Crippen LogP contribution in [0.1, 0.15) is 29.9 Å². The summed E-state index contributed by atoms with van der Waals surface area (Å²) >= 11 is 6.15. The molecule has 0 saturated carbocycles. The van der Waals surface area contributed by atoms with Crippen molar-refractivity contribution in [3.8, 4) is 5.75 Å². The van der Waals surface area contributed by atoms with E-state index in [2.05, 4.69) is 10.3 Å². The highest BCUT2D eigenvalue weighted by Crippen LogP contribution is 2.28. The van der Waals surface area contributed by atoms with Crippen LogP contribution in [0.15, 0.2) is 36.5 Å². The Morgan fingerprint density at radius 3 is 2.77 bits per heavy atom. The summed E-state index contributed by atoms with van der Waals surface area (Å²) in [6, 6.07) is 8.42. The first-order chi connectivity index (χ1) is 10.5. The maximum Gasteiger partial charge on any atom is 0.255 e. The number of ether oxygens (including phenoxy) is 1. The Labute approximate surface area is 134 Å². The van der Waals surface area contributed by atoms with Gasteiger partial charge in [0, 0.05) is 24.0 Å². The predicted octanol–water partition coefficient (Wildman–Crippen LogP) is 3.23. The molecule has 1 amide bonds. The lowest BCUT2D eigenvalue weighted by molar-refractivity contribution is 0.102. The summed E-state index contributed by atoms with van der Waals surface area (Å²) < 4.78 is 5.55. The van der Waals surface area contributed by atoms with Crippen molar-refractivity contribution in [2.45, 2.75) is 26.5 Å². The van der Waals surface area contributed by atoms with Crippen molar-refractivity contribution in [2.75, 3.05) is 5.32 Å². The molecule has 0 unspecified atom stereocenters. The Hall–Kier alpha value is -2.11. The Morgan fingerprint density at radius 1 is 1.36 bits per heavy atom. The average molecular weight is 320 g/mol. The van der Waals surface area contributed by atoms with Crippen LogP contribution in [0.3, 0.4) is 0 Å². The van der Waals surface area contributed by atoms with E-state index in [4.69, 9.17) is 22.1 Å². The number of nitrogens with one attached hydrogen (secondary N) is 1. The van der Waals surface area contributed by atoms with Crippen LogP contribution < -0.4 is 15.8 Å². The zero-order chi connectivity index (χ0) is 16.1. The molecule has 0 atom stereocenters. The summed E-state index contributed by atoms with van der Waals surface area (Å²) in [5.41, 5.74) is 7.27. The van der Waals surface area contributed by atoms with E-state index in [0.29, 0.717) is 27.7 Å². The van der Waals surface area contributed by atoms with E-state index in [1.165, 1.54) is 0 Å². The Morgan fingerprint density at radius 2 is 2.14 bits per heavy atom. The molecular weight excluding hydrogens is 302 g/mol. The first-order valence-electron chi connectivity index (χ1n) is 6.92. The lowest BCUT2D eigenvalue weighted by atomic mass is 10.2. The summed E-state index contributed by atoms with van der Waals surface area (Å²) in [7, 11) is 0. The smallest absolute Gasteiger partial charge is 0.255 e. The van der Waals surface area contributed by atoms with Gasteiger partial charge in [-0.1, -0.05) is 11.6 Å². The molecule has 0 fully saturated rings. The highest BCUT2D eigenvalue weighted by atomic mass is 35.5. The van der Waals surface area contributed by atoms with Gasteiger partial charge in [-0.05, 0) is 44.2 Å². The number of nitrogens with two attached hydrogens (primary N) is 1. The van der Waals surface area contributed by atoms with Crippen LogP contribution >= 0.6 is 11.6 Å². The summed E-state index contributed by atoms with van der Waals surface area (Å²) in [6.07, 6.45) is 1.59. The fourth-order valence-corrected chi connectivity index (χ4v) is 2.09. The first-order valence-corrected chi connectivity index (χ1v) is 7.30. The molecule has 1 aromatic carbocycles. The third-order valence-corrected chi connectivity index (χ3v) is 3.14. The molecule has 2 rings (SSSR count). The van der Waals surface area contributed by atoms with Crippen LogP contribution in [0.25, 0.3) is 0 Å². The topological polar surface area (TPSA) is 77.2 Å². The molecule has 116 valence electrons. The number of amides is 1. The summed E-state index contributed by atoms with van der Waals surface area (Å²) in [6.45, 7) is 4.13. The minimum Gasteiger partial charge on any atom is -0.489 e. The zero-order valence-electron chi connectivity index (χ0n) is 12.5. The van der Waals surface area contributed by atoms with Crippen LogP contribution in [0.5, 0.6) is 5.75 Å². The molecule has 6 heteroatoms. The summed E-state index contributed by atoms with van der Waals surface area (Å²) in [5, 5.41) is 3.23. The van der Waals surface area contributed by atoms with Gasteiger partial charge < -0.3 is 15.8 Å². The van der Waals surface area contributed by atoms with Gasteiger partial charge in [0.05, 0.1) is 16.8 Å². The van der Waals surface area contributed by atoms with Crippen molar-refractivity contribution >= 4 is 23.2 Å². The van der Waals surface area contributed by atoms with Crippen LogP contribution in [0, 0.1) is 0 Å². The van der Waals surface area contributed by atoms with Crippen molar-refractivity contribution in [2.24, 2.45) is 5.73 Å². The van der Waals surface area contributed by atoms with Crippen molar-refractivity contribution < 1.29 is 9.53 Å². The van der Waals surface area contributed by atoms with Crippen molar-refractivity contribution in [1.82, 2.24) is 4.98 Å². The summed E-state index contributed by atoms with van der Waals surface area (Å²) in [5.74, 6) is 0.342.